The van der Waals surface area contributed by atoms with Crippen molar-refractivity contribution in [2.24, 2.45) is 0 Å². The molecule has 0 saturated carbocycles. The summed E-state index contributed by atoms with van der Waals surface area (Å²) in [5.41, 5.74) is 4.58. The summed E-state index contributed by atoms with van der Waals surface area (Å²) in [6.07, 6.45) is 1.64. The fraction of sp³-hybridized carbons (Fsp3) is 0.316. The molecule has 1 aromatic heterocycles. The maximum Gasteiger partial charge on any atom is 0.243 e. The summed E-state index contributed by atoms with van der Waals surface area (Å²) in [7, 11) is 0. The Bertz CT molecular complexity index is 725. The van der Waals surface area contributed by atoms with E-state index in [0.29, 0.717) is 19.3 Å². The number of thiophene rings is 1. The first-order chi connectivity index (χ1) is 11.6. The third-order valence-corrected chi connectivity index (χ3v) is 4.58. The molecule has 0 aliphatic heterocycles. The molecule has 0 radical (unpaired) electrons. The van der Waals surface area contributed by atoms with E-state index in [2.05, 4.69) is 23.3 Å². The van der Waals surface area contributed by atoms with Gasteiger partial charge >= 0.3 is 0 Å². The molecule has 126 valence electrons. The predicted octanol–water partition coefficient (Wildman–Crippen LogP) is 3.56. The molecule has 2 rings (SSSR count). The van der Waals surface area contributed by atoms with Gasteiger partial charge in [-0.3, -0.25) is 10.0 Å². The lowest BCUT2D eigenvalue weighted by Gasteiger charge is -2.10. The summed E-state index contributed by atoms with van der Waals surface area (Å²) in [4.78, 5) is 11.9. The first-order valence-electron chi connectivity index (χ1n) is 7.86. The van der Waals surface area contributed by atoms with Crippen LogP contribution in [0.1, 0.15) is 53.4 Å². The summed E-state index contributed by atoms with van der Waals surface area (Å²) < 4.78 is 0. The van der Waals surface area contributed by atoms with Gasteiger partial charge in [-0.2, -0.15) is 0 Å². The van der Waals surface area contributed by atoms with E-state index < -0.39 is 12.0 Å². The van der Waals surface area contributed by atoms with Crippen LogP contribution in [0.25, 0.3) is 0 Å². The Kier molecular flexibility index (Phi) is 7.01. The Hall–Kier alpha value is -2.13. The van der Waals surface area contributed by atoms with Crippen molar-refractivity contribution in [3.05, 3.63) is 57.3 Å². The maximum absolute atomic E-state index is 10.9. The van der Waals surface area contributed by atoms with Crippen LogP contribution >= 0.6 is 11.3 Å². The van der Waals surface area contributed by atoms with Crippen LogP contribution in [0.3, 0.4) is 0 Å². The highest BCUT2D eigenvalue weighted by Crippen LogP contribution is 2.20. The molecule has 0 saturated heterocycles. The first kappa shape index (κ1) is 18.2. The second-order valence-electron chi connectivity index (χ2n) is 5.66. The summed E-state index contributed by atoms with van der Waals surface area (Å²) >= 11 is 1.63. The van der Waals surface area contributed by atoms with Crippen LogP contribution in [0.4, 0.5) is 0 Å². The molecule has 5 heteroatoms. The Labute approximate surface area is 146 Å². The number of nitrogens with one attached hydrogen (secondary N) is 1. The second-order valence-corrected chi connectivity index (χ2v) is 6.57. The van der Waals surface area contributed by atoms with Crippen molar-refractivity contribution >= 4 is 17.2 Å². The number of benzene rings is 1. The van der Waals surface area contributed by atoms with Crippen LogP contribution in [-0.2, 0) is 4.79 Å². The number of hydrogen-bond donors (Lipinski definition) is 3. The first-order valence-corrected chi connectivity index (χ1v) is 8.74. The summed E-state index contributed by atoms with van der Waals surface area (Å²) in [6.45, 7) is 2.05. The Morgan fingerprint density at radius 2 is 2.00 bits per heavy atom. The number of hydrogen-bond acceptors (Lipinski definition) is 4. The Balaban J connectivity index is 1.85. The standard InChI is InChI=1S/C19H21NO3S/c1-14-12-17(24-13-14)11-8-15-6-9-16(10-7-15)18(21)4-2-3-5-19(22)20-23/h6-7,9-10,12-13,18,21,23H,2-5H2,1H3,(H,20,22)/t18-/m0/s1. The number of rotatable bonds is 6. The second kappa shape index (κ2) is 9.24. The fourth-order valence-corrected chi connectivity index (χ4v) is 3.01. The lowest BCUT2D eigenvalue weighted by Crippen LogP contribution is -2.17. The van der Waals surface area contributed by atoms with Crippen molar-refractivity contribution in [1.82, 2.24) is 5.48 Å². The summed E-state index contributed by atoms with van der Waals surface area (Å²) in [5.74, 6) is 5.86. The quantitative estimate of drug-likeness (QED) is 0.325. The minimum absolute atomic E-state index is 0.264. The molecule has 3 N–H and O–H groups in total. The van der Waals surface area contributed by atoms with Gasteiger partial charge in [0.25, 0.3) is 0 Å². The van der Waals surface area contributed by atoms with E-state index in [1.165, 1.54) is 5.56 Å². The lowest BCUT2D eigenvalue weighted by molar-refractivity contribution is -0.129. The molecule has 0 aliphatic carbocycles. The average Bonchev–Trinajstić information content (AvgIpc) is 3.02. The zero-order valence-electron chi connectivity index (χ0n) is 13.6. The maximum atomic E-state index is 10.9. The van der Waals surface area contributed by atoms with Crippen molar-refractivity contribution in [1.29, 1.82) is 0 Å². The van der Waals surface area contributed by atoms with Gasteiger partial charge in [-0.25, -0.2) is 5.48 Å². The molecule has 4 nitrogen and oxygen atoms in total. The molecule has 0 fully saturated rings. The minimum atomic E-state index is -0.552. The normalized spacial score (nSPS) is 11.5. The molecule has 1 heterocycles. The fourth-order valence-electron chi connectivity index (χ4n) is 2.26. The molecule has 1 aromatic carbocycles. The molecule has 0 unspecified atom stereocenters. The summed E-state index contributed by atoms with van der Waals surface area (Å²) in [5, 5.41) is 20.6. The van der Waals surface area contributed by atoms with Gasteiger partial charge in [-0.05, 0) is 54.5 Å². The third kappa shape index (κ3) is 5.82. The van der Waals surface area contributed by atoms with Gasteiger partial charge < -0.3 is 5.11 Å². The lowest BCUT2D eigenvalue weighted by atomic mass is 10.0. The highest BCUT2D eigenvalue weighted by Gasteiger charge is 2.07. The SMILES string of the molecule is Cc1csc(C#Cc2ccc([C@@H](O)CCCCC(=O)NO)cc2)c1. The minimum Gasteiger partial charge on any atom is -0.388 e. The van der Waals surface area contributed by atoms with E-state index >= 15 is 0 Å². The van der Waals surface area contributed by atoms with Crippen LogP contribution in [0.2, 0.25) is 0 Å². The molecule has 1 amide bonds. The Morgan fingerprint density at radius 3 is 2.62 bits per heavy atom. The number of unbranched alkanes of at least 4 members (excludes halogenated alkanes) is 1. The highest BCUT2D eigenvalue weighted by atomic mass is 32.1. The Morgan fingerprint density at radius 1 is 1.25 bits per heavy atom. The number of carbonyl (C=O) groups is 1. The van der Waals surface area contributed by atoms with Crippen molar-refractivity contribution in [3.8, 4) is 11.8 Å². The predicted molar refractivity (Wildman–Crippen MR) is 94.8 cm³/mol. The van der Waals surface area contributed by atoms with Gasteiger partial charge in [0.2, 0.25) is 5.91 Å². The number of hydroxylamine groups is 1. The zero-order valence-corrected chi connectivity index (χ0v) is 14.4. The van der Waals surface area contributed by atoms with Crippen molar-refractivity contribution in [2.75, 3.05) is 0 Å². The molecule has 0 aliphatic rings. The van der Waals surface area contributed by atoms with E-state index in [1.807, 2.05) is 31.2 Å². The number of aryl methyl sites for hydroxylation is 1. The highest BCUT2D eigenvalue weighted by molar-refractivity contribution is 7.10. The van der Waals surface area contributed by atoms with Gasteiger partial charge in [-0.15, -0.1) is 11.3 Å². The van der Waals surface area contributed by atoms with Gasteiger partial charge in [0.15, 0.2) is 0 Å². The molecule has 2 aromatic rings. The van der Waals surface area contributed by atoms with Gasteiger partial charge in [-0.1, -0.05) is 30.4 Å². The average molecular weight is 343 g/mol. The molecule has 0 spiro atoms. The molecular formula is C19H21NO3S. The smallest absolute Gasteiger partial charge is 0.243 e. The van der Waals surface area contributed by atoms with Gasteiger partial charge in [0.1, 0.15) is 0 Å². The van der Waals surface area contributed by atoms with Crippen LogP contribution < -0.4 is 5.48 Å². The van der Waals surface area contributed by atoms with Crippen LogP contribution in [0, 0.1) is 18.8 Å². The molecule has 24 heavy (non-hydrogen) atoms. The van der Waals surface area contributed by atoms with E-state index in [-0.39, 0.29) is 6.42 Å². The topological polar surface area (TPSA) is 69.6 Å². The van der Waals surface area contributed by atoms with Crippen molar-refractivity contribution < 1.29 is 15.1 Å². The van der Waals surface area contributed by atoms with Crippen LogP contribution in [-0.4, -0.2) is 16.2 Å². The summed E-state index contributed by atoms with van der Waals surface area (Å²) in [6, 6.07) is 9.65. The molecular weight excluding hydrogens is 322 g/mol. The molecule has 1 atom stereocenters. The number of aliphatic hydroxyl groups excluding tert-OH is 1. The zero-order chi connectivity index (χ0) is 17.4. The van der Waals surface area contributed by atoms with Crippen LogP contribution in [0.5, 0.6) is 0 Å². The van der Waals surface area contributed by atoms with Crippen molar-refractivity contribution in [2.45, 2.75) is 38.7 Å². The van der Waals surface area contributed by atoms with E-state index in [1.54, 1.807) is 16.8 Å². The number of aliphatic hydroxyl groups is 1. The van der Waals surface area contributed by atoms with Crippen LogP contribution in [0.15, 0.2) is 35.7 Å². The van der Waals surface area contributed by atoms with Gasteiger partial charge in [0, 0.05) is 12.0 Å². The van der Waals surface area contributed by atoms with Crippen molar-refractivity contribution in [3.63, 3.8) is 0 Å². The van der Waals surface area contributed by atoms with E-state index in [4.69, 9.17) is 5.21 Å². The third-order valence-electron chi connectivity index (χ3n) is 3.61. The van der Waals surface area contributed by atoms with E-state index in [0.717, 1.165) is 16.0 Å². The largest absolute Gasteiger partial charge is 0.388 e. The van der Waals surface area contributed by atoms with E-state index in [9.17, 15) is 9.90 Å². The number of amides is 1. The van der Waals surface area contributed by atoms with Gasteiger partial charge in [0.05, 0.1) is 11.0 Å². The monoisotopic (exact) mass is 343 g/mol. The molecule has 0 bridgehead atoms. The number of carbonyl (C=O) groups excluding carboxylic acids is 1.